The van der Waals surface area contributed by atoms with Crippen molar-refractivity contribution in [2.75, 3.05) is 45.9 Å². The van der Waals surface area contributed by atoms with Crippen LogP contribution in [0.15, 0.2) is 21.9 Å². The van der Waals surface area contributed by atoms with Crippen molar-refractivity contribution in [2.45, 2.75) is 44.1 Å². The van der Waals surface area contributed by atoms with Gasteiger partial charge in [-0.05, 0) is 50.0 Å². The summed E-state index contributed by atoms with van der Waals surface area (Å²) in [6.45, 7) is 1.13. The quantitative estimate of drug-likeness (QED) is 0.603. The number of hydrogen-bond donors (Lipinski definition) is 2. The van der Waals surface area contributed by atoms with Crippen LogP contribution in [0.4, 0.5) is 0 Å². The van der Waals surface area contributed by atoms with Crippen LogP contribution in [-0.2, 0) is 13.8 Å². The second-order valence-corrected chi connectivity index (χ2v) is 11.1. The van der Waals surface area contributed by atoms with E-state index >= 15 is 0 Å². The number of aromatic amines is 1. The van der Waals surface area contributed by atoms with E-state index in [9.17, 15) is 14.2 Å². The van der Waals surface area contributed by atoms with E-state index in [0.29, 0.717) is 32.2 Å². The van der Waals surface area contributed by atoms with Crippen LogP contribution in [0.3, 0.4) is 0 Å². The highest BCUT2D eigenvalue weighted by molar-refractivity contribution is 7.83. The first-order valence-corrected chi connectivity index (χ1v) is 13.0. The molecule has 10 nitrogen and oxygen atoms in total. The minimum atomic E-state index is -3.44. The summed E-state index contributed by atoms with van der Waals surface area (Å²) in [5, 5.41) is 3.17. The van der Waals surface area contributed by atoms with Gasteiger partial charge >= 0.3 is 12.6 Å². The molecule has 3 saturated heterocycles. The van der Waals surface area contributed by atoms with Crippen LogP contribution in [0.5, 0.6) is 0 Å². The molecule has 4 heterocycles. The zero-order valence-electron chi connectivity index (χ0n) is 16.9. The summed E-state index contributed by atoms with van der Waals surface area (Å²) in [7, 11) is 0. The van der Waals surface area contributed by atoms with Gasteiger partial charge in [-0.15, -0.1) is 0 Å². The number of likely N-dealkylation sites (tertiary alicyclic amines) is 1. The van der Waals surface area contributed by atoms with Crippen LogP contribution < -0.4 is 16.6 Å². The fourth-order valence-electron chi connectivity index (χ4n) is 4.42. The van der Waals surface area contributed by atoms with Gasteiger partial charge in [0.05, 0.1) is 12.7 Å². The van der Waals surface area contributed by atoms with Gasteiger partial charge in [-0.1, -0.05) is 0 Å². The van der Waals surface area contributed by atoms with E-state index in [1.807, 2.05) is 0 Å². The number of hydrogen-bond acceptors (Lipinski definition) is 7. The Labute approximate surface area is 179 Å². The third kappa shape index (κ3) is 5.24. The van der Waals surface area contributed by atoms with Crippen LogP contribution >= 0.6 is 18.1 Å². The minimum Gasteiger partial charge on any atom is -0.350 e. The predicted molar refractivity (Wildman–Crippen MR) is 113 cm³/mol. The number of aromatic nitrogens is 2. The van der Waals surface area contributed by atoms with Gasteiger partial charge in [0.2, 0.25) is 0 Å². The van der Waals surface area contributed by atoms with Crippen molar-refractivity contribution in [3.05, 3.63) is 33.1 Å². The maximum atomic E-state index is 13.0. The van der Waals surface area contributed by atoms with Crippen molar-refractivity contribution in [2.24, 2.45) is 0 Å². The molecule has 3 aliphatic heterocycles. The number of nitrogens with zero attached hydrogens (tertiary/aromatic N) is 3. The van der Waals surface area contributed by atoms with E-state index in [1.165, 1.54) is 29.7 Å². The Morgan fingerprint density at radius 1 is 1.17 bits per heavy atom. The summed E-state index contributed by atoms with van der Waals surface area (Å²) in [5.74, 6) is 0. The Morgan fingerprint density at radius 2 is 1.90 bits per heavy atom. The monoisotopic (exact) mass is 461 g/mol. The van der Waals surface area contributed by atoms with E-state index < -0.39 is 30.5 Å². The Hall–Kier alpha value is -1.00. The highest BCUT2D eigenvalue weighted by Crippen LogP contribution is 2.57. The Morgan fingerprint density at radius 3 is 2.60 bits per heavy atom. The molecule has 0 saturated carbocycles. The molecule has 3 atom stereocenters. The number of nitrogens with one attached hydrogen (secondary N) is 2. The zero-order chi connectivity index (χ0) is 21.1. The molecule has 1 aromatic heterocycles. The largest absolute Gasteiger partial charge is 0.363 e. The highest BCUT2D eigenvalue weighted by atomic mass is 35.7. The van der Waals surface area contributed by atoms with Gasteiger partial charge in [0, 0.05) is 44.5 Å². The van der Waals surface area contributed by atoms with E-state index in [2.05, 4.69) is 15.2 Å². The van der Waals surface area contributed by atoms with Crippen molar-refractivity contribution in [3.8, 4) is 0 Å². The van der Waals surface area contributed by atoms with E-state index in [4.69, 9.17) is 20.5 Å². The molecule has 4 rings (SSSR count). The van der Waals surface area contributed by atoms with Gasteiger partial charge in [-0.25, -0.2) is 9.46 Å². The molecular weight excluding hydrogens is 433 g/mol. The number of rotatable bonds is 6. The molecule has 12 heteroatoms. The molecule has 0 aliphatic carbocycles. The lowest BCUT2D eigenvalue weighted by Gasteiger charge is -2.38. The molecule has 0 bridgehead atoms. The molecular formula is C18H29ClN5O5P. The maximum Gasteiger partial charge on any atom is 0.363 e. The summed E-state index contributed by atoms with van der Waals surface area (Å²) in [6, 6.07) is 1.81. The van der Waals surface area contributed by atoms with Crippen LogP contribution in [0, 0.1) is 0 Å². The number of ether oxygens (including phenoxy) is 1. The predicted octanol–water partition coefficient (Wildman–Crippen LogP) is 0.947. The normalized spacial score (nSPS) is 29.1. The minimum absolute atomic E-state index is 0.0500. The molecule has 3 unspecified atom stereocenters. The van der Waals surface area contributed by atoms with Gasteiger partial charge in [0.1, 0.15) is 0 Å². The molecule has 2 N–H and O–H groups in total. The van der Waals surface area contributed by atoms with Gasteiger partial charge in [0.25, 0.3) is 5.56 Å². The first-order valence-electron chi connectivity index (χ1n) is 10.5. The van der Waals surface area contributed by atoms with Crippen molar-refractivity contribution < 1.29 is 13.8 Å². The third-order valence-electron chi connectivity index (χ3n) is 6.06. The molecule has 30 heavy (non-hydrogen) atoms. The second-order valence-electron chi connectivity index (χ2n) is 8.06. The highest BCUT2D eigenvalue weighted by Gasteiger charge is 2.36. The first-order chi connectivity index (χ1) is 14.4. The lowest BCUT2D eigenvalue weighted by atomic mass is 10.1. The average Bonchev–Trinajstić information content (AvgIpc) is 3.28. The third-order valence-corrected chi connectivity index (χ3v) is 8.53. The Kier molecular flexibility index (Phi) is 7.14. The fourth-order valence-corrected chi connectivity index (χ4v) is 6.27. The molecule has 0 spiro atoms. The lowest BCUT2D eigenvalue weighted by molar-refractivity contribution is -0.0934. The number of morpholine rings is 1. The topological polar surface area (TPSA) is 109 Å². The smallest absolute Gasteiger partial charge is 0.350 e. The Balaban J connectivity index is 1.28. The zero-order valence-corrected chi connectivity index (χ0v) is 18.5. The molecule has 0 amide bonds. The molecule has 1 aromatic rings. The van der Waals surface area contributed by atoms with E-state index in [0.717, 1.165) is 25.9 Å². The number of halogens is 1. The second kappa shape index (κ2) is 9.65. The fraction of sp³-hybridized carbons (Fsp3) is 0.778. The summed E-state index contributed by atoms with van der Waals surface area (Å²) in [6.07, 6.45) is 4.79. The standard InChI is InChI=1S/C18H29ClN5O5P/c19-30(27,23-8-3-14(4-9-23)22-6-1-2-7-22)28-13-15-11-20-12-17(29-15)24-10-5-16(25)21-18(24)26/h5,10,14-15,17,20H,1-4,6-9,11-13H2,(H,21,25,26). The summed E-state index contributed by atoms with van der Waals surface area (Å²) in [4.78, 5) is 28.0. The molecule has 168 valence electrons. The van der Waals surface area contributed by atoms with Gasteiger partial charge in [0.15, 0.2) is 6.23 Å². The van der Waals surface area contributed by atoms with Crippen LogP contribution in [0.25, 0.3) is 0 Å². The first kappa shape index (κ1) is 22.2. The number of H-pyrrole nitrogens is 1. The molecule has 0 radical (unpaired) electrons. The number of piperidine rings is 1. The maximum absolute atomic E-state index is 13.0. The van der Waals surface area contributed by atoms with Gasteiger partial charge < -0.3 is 19.5 Å². The van der Waals surface area contributed by atoms with Crippen molar-refractivity contribution >= 4 is 18.1 Å². The van der Waals surface area contributed by atoms with Crippen LogP contribution in [-0.4, -0.2) is 77.1 Å². The lowest BCUT2D eigenvalue weighted by Crippen LogP contribution is -2.47. The van der Waals surface area contributed by atoms with Crippen molar-refractivity contribution in [3.63, 3.8) is 0 Å². The molecule has 3 fully saturated rings. The van der Waals surface area contributed by atoms with Crippen molar-refractivity contribution in [1.82, 2.24) is 24.4 Å². The summed E-state index contributed by atoms with van der Waals surface area (Å²) in [5.41, 5.74) is -1.00. The summed E-state index contributed by atoms with van der Waals surface area (Å²) < 4.78 is 27.6. The van der Waals surface area contributed by atoms with Crippen LogP contribution in [0.2, 0.25) is 0 Å². The van der Waals surface area contributed by atoms with Gasteiger partial charge in [-0.3, -0.25) is 18.9 Å². The molecule has 0 aromatic carbocycles. The van der Waals surface area contributed by atoms with Gasteiger partial charge in [-0.2, -0.15) is 0 Å². The van der Waals surface area contributed by atoms with E-state index in [-0.39, 0.29) is 6.61 Å². The van der Waals surface area contributed by atoms with E-state index in [1.54, 1.807) is 4.67 Å². The van der Waals surface area contributed by atoms with Crippen molar-refractivity contribution in [1.29, 1.82) is 0 Å². The molecule has 3 aliphatic rings. The summed E-state index contributed by atoms with van der Waals surface area (Å²) >= 11 is 6.31. The van der Waals surface area contributed by atoms with Crippen LogP contribution in [0.1, 0.15) is 31.9 Å². The average molecular weight is 462 g/mol. The Bertz CT molecular complexity index is 880. The SMILES string of the molecule is O=c1ccn(C2CNCC(COP(=O)(Cl)N3CCC(N4CCCC4)CC3)O2)c(=O)[nH]1.